The van der Waals surface area contributed by atoms with Crippen LogP contribution in [-0.2, 0) is 4.79 Å². The fourth-order valence-corrected chi connectivity index (χ4v) is 3.88. The Kier molecular flexibility index (Phi) is 4.78. The Balaban J connectivity index is 1.78. The number of aromatic carboxylic acids is 1. The molecule has 1 unspecified atom stereocenters. The van der Waals surface area contributed by atoms with Crippen LogP contribution in [0, 0.1) is 0 Å². The quantitative estimate of drug-likeness (QED) is 0.887. The van der Waals surface area contributed by atoms with Crippen LogP contribution in [0.4, 0.5) is 5.69 Å². The van der Waals surface area contributed by atoms with Crippen molar-refractivity contribution in [2.45, 2.75) is 12.5 Å². The number of benzene rings is 1. The van der Waals surface area contributed by atoms with Gasteiger partial charge < -0.3 is 14.9 Å². The number of para-hydroxylation sites is 1. The first kappa shape index (κ1) is 17.4. The number of carboxylic acid groups (broad SMARTS) is 1. The average Bonchev–Trinajstić information content (AvgIpc) is 3.21. The molecule has 0 radical (unpaired) electrons. The number of amides is 2. The highest BCUT2D eigenvalue weighted by Gasteiger charge is 2.38. The van der Waals surface area contributed by atoms with E-state index in [0.29, 0.717) is 28.6 Å². The topological polar surface area (TPSA) is 77.9 Å². The van der Waals surface area contributed by atoms with Gasteiger partial charge in [-0.15, -0.1) is 11.3 Å². The zero-order valence-corrected chi connectivity index (χ0v) is 14.9. The molecule has 1 atom stereocenters. The second-order valence-corrected chi connectivity index (χ2v) is 7.12. The Morgan fingerprint density at radius 1 is 1.24 bits per heavy atom. The fraction of sp³-hybridized carbons (Fsp3) is 0.235. The van der Waals surface area contributed by atoms with Gasteiger partial charge in [0.25, 0.3) is 5.91 Å². The minimum absolute atomic E-state index is 0.0900. The van der Waals surface area contributed by atoms with Crippen molar-refractivity contribution in [1.29, 1.82) is 0 Å². The van der Waals surface area contributed by atoms with Gasteiger partial charge in [-0.2, -0.15) is 0 Å². The second-order valence-electron chi connectivity index (χ2n) is 5.63. The number of hydrogen-bond acceptors (Lipinski definition) is 4. The Bertz CT molecular complexity index is 851. The molecule has 1 aliphatic rings. The van der Waals surface area contributed by atoms with E-state index in [1.54, 1.807) is 36.2 Å². The maximum atomic E-state index is 12.7. The van der Waals surface area contributed by atoms with Crippen molar-refractivity contribution in [3.63, 3.8) is 0 Å². The van der Waals surface area contributed by atoms with Gasteiger partial charge in [0.2, 0.25) is 5.91 Å². The maximum absolute atomic E-state index is 12.7. The SMILES string of the molecule is CN(C(=O)c1ccc(C(=O)O)s1)C1CCN(c2ccccc2Cl)C1=O. The molecule has 1 aliphatic heterocycles. The smallest absolute Gasteiger partial charge is 0.345 e. The van der Waals surface area contributed by atoms with E-state index in [1.165, 1.54) is 17.0 Å². The fourth-order valence-electron chi connectivity index (χ4n) is 2.82. The lowest BCUT2D eigenvalue weighted by molar-refractivity contribution is -0.120. The van der Waals surface area contributed by atoms with Gasteiger partial charge in [0.15, 0.2) is 0 Å². The molecule has 6 nitrogen and oxygen atoms in total. The Labute approximate surface area is 153 Å². The molecule has 2 amide bonds. The van der Waals surface area contributed by atoms with Crippen LogP contribution < -0.4 is 4.90 Å². The van der Waals surface area contributed by atoms with Crippen LogP contribution in [0.5, 0.6) is 0 Å². The van der Waals surface area contributed by atoms with Crippen molar-refractivity contribution in [3.05, 3.63) is 51.2 Å². The summed E-state index contributed by atoms with van der Waals surface area (Å²) in [6.45, 7) is 0.468. The number of carbonyl (C=O) groups excluding carboxylic acids is 2. The molecule has 2 heterocycles. The molecule has 1 fully saturated rings. The predicted octanol–water partition coefficient (Wildman–Crippen LogP) is 2.98. The van der Waals surface area contributed by atoms with Crippen molar-refractivity contribution < 1.29 is 19.5 Å². The van der Waals surface area contributed by atoms with Crippen LogP contribution in [0.15, 0.2) is 36.4 Å². The third-order valence-electron chi connectivity index (χ3n) is 4.14. The molecule has 3 rings (SSSR count). The maximum Gasteiger partial charge on any atom is 0.345 e. The number of carbonyl (C=O) groups is 3. The molecule has 1 saturated heterocycles. The molecule has 0 spiro atoms. The summed E-state index contributed by atoms with van der Waals surface area (Å²) in [5, 5.41) is 9.45. The summed E-state index contributed by atoms with van der Waals surface area (Å²) in [4.78, 5) is 39.6. The largest absolute Gasteiger partial charge is 0.477 e. The van der Waals surface area contributed by atoms with E-state index in [9.17, 15) is 14.4 Å². The highest BCUT2D eigenvalue weighted by molar-refractivity contribution is 7.15. The van der Waals surface area contributed by atoms with E-state index in [-0.39, 0.29) is 16.7 Å². The van der Waals surface area contributed by atoms with E-state index in [0.717, 1.165) is 11.3 Å². The van der Waals surface area contributed by atoms with Gasteiger partial charge in [-0.25, -0.2) is 4.79 Å². The highest BCUT2D eigenvalue weighted by atomic mass is 35.5. The number of thiophene rings is 1. The number of likely N-dealkylation sites (N-methyl/N-ethyl adjacent to an activating group) is 1. The van der Waals surface area contributed by atoms with Gasteiger partial charge in [0.1, 0.15) is 10.9 Å². The number of anilines is 1. The first-order chi connectivity index (χ1) is 11.9. The monoisotopic (exact) mass is 378 g/mol. The van der Waals surface area contributed by atoms with Crippen molar-refractivity contribution in [3.8, 4) is 0 Å². The van der Waals surface area contributed by atoms with Gasteiger partial charge >= 0.3 is 5.97 Å². The predicted molar refractivity (Wildman–Crippen MR) is 95.6 cm³/mol. The lowest BCUT2D eigenvalue weighted by Crippen LogP contribution is -2.42. The Morgan fingerprint density at radius 3 is 2.56 bits per heavy atom. The molecule has 0 aliphatic carbocycles. The standard InChI is InChI=1S/C17H15ClN2O4S/c1-19(16(22)13-6-7-14(25-13)17(23)24)12-8-9-20(15(12)21)11-5-3-2-4-10(11)18/h2-7,12H,8-9H2,1H3,(H,23,24). The van der Waals surface area contributed by atoms with Crippen LogP contribution in [0.2, 0.25) is 5.02 Å². The molecule has 0 bridgehead atoms. The minimum atomic E-state index is -1.08. The Hall–Kier alpha value is -2.38. The zero-order valence-electron chi connectivity index (χ0n) is 13.3. The Morgan fingerprint density at radius 2 is 1.92 bits per heavy atom. The van der Waals surface area contributed by atoms with Gasteiger partial charge in [-0.3, -0.25) is 9.59 Å². The van der Waals surface area contributed by atoms with E-state index in [1.807, 2.05) is 0 Å². The van der Waals surface area contributed by atoms with Gasteiger partial charge in [0.05, 0.1) is 15.6 Å². The summed E-state index contributed by atoms with van der Waals surface area (Å²) in [7, 11) is 1.56. The van der Waals surface area contributed by atoms with Gasteiger partial charge in [-0.1, -0.05) is 23.7 Å². The molecule has 1 aromatic carbocycles. The van der Waals surface area contributed by atoms with Crippen molar-refractivity contribution in [1.82, 2.24) is 4.90 Å². The molecular weight excluding hydrogens is 364 g/mol. The number of hydrogen-bond donors (Lipinski definition) is 1. The second kappa shape index (κ2) is 6.85. The van der Waals surface area contributed by atoms with Crippen LogP contribution in [-0.4, -0.2) is 47.4 Å². The summed E-state index contributed by atoms with van der Waals surface area (Å²) < 4.78 is 0. The molecule has 2 aromatic rings. The number of rotatable bonds is 4. The normalized spacial score (nSPS) is 17.0. The highest BCUT2D eigenvalue weighted by Crippen LogP contribution is 2.31. The van der Waals surface area contributed by atoms with Gasteiger partial charge in [-0.05, 0) is 30.7 Å². The lowest BCUT2D eigenvalue weighted by atomic mass is 10.2. The molecule has 8 heteroatoms. The first-order valence-electron chi connectivity index (χ1n) is 7.56. The van der Waals surface area contributed by atoms with E-state index >= 15 is 0 Å². The van der Waals surface area contributed by atoms with E-state index in [4.69, 9.17) is 16.7 Å². The summed E-state index contributed by atoms with van der Waals surface area (Å²) >= 11 is 7.06. The average molecular weight is 379 g/mol. The van der Waals surface area contributed by atoms with E-state index in [2.05, 4.69) is 0 Å². The molecule has 130 valence electrons. The first-order valence-corrected chi connectivity index (χ1v) is 8.76. The van der Waals surface area contributed by atoms with Crippen molar-refractivity contribution >= 4 is 46.4 Å². The third kappa shape index (κ3) is 3.25. The molecule has 1 N–H and O–H groups in total. The summed E-state index contributed by atoms with van der Waals surface area (Å²) in [6.07, 6.45) is 0.490. The number of carboxylic acids is 1. The van der Waals surface area contributed by atoms with Crippen molar-refractivity contribution in [2.24, 2.45) is 0 Å². The zero-order chi connectivity index (χ0) is 18.1. The van der Waals surface area contributed by atoms with Crippen LogP contribution >= 0.6 is 22.9 Å². The number of nitrogens with zero attached hydrogens (tertiary/aromatic N) is 2. The lowest BCUT2D eigenvalue weighted by Gasteiger charge is -2.24. The summed E-state index contributed by atoms with van der Waals surface area (Å²) in [6, 6.07) is 9.33. The molecule has 25 heavy (non-hydrogen) atoms. The minimum Gasteiger partial charge on any atom is -0.477 e. The van der Waals surface area contributed by atoms with Crippen LogP contribution in [0.25, 0.3) is 0 Å². The molecule has 0 saturated carbocycles. The van der Waals surface area contributed by atoms with Crippen LogP contribution in [0.1, 0.15) is 25.8 Å². The summed E-state index contributed by atoms with van der Waals surface area (Å²) in [5.41, 5.74) is 0.627. The van der Waals surface area contributed by atoms with Crippen molar-refractivity contribution in [2.75, 3.05) is 18.5 Å². The van der Waals surface area contributed by atoms with Crippen LogP contribution in [0.3, 0.4) is 0 Å². The molecule has 1 aromatic heterocycles. The summed E-state index contributed by atoms with van der Waals surface area (Å²) in [5.74, 6) is -1.63. The third-order valence-corrected chi connectivity index (χ3v) is 5.52. The van der Waals surface area contributed by atoms with Gasteiger partial charge in [0, 0.05) is 13.6 Å². The molecular formula is C17H15ClN2O4S. The van der Waals surface area contributed by atoms with E-state index < -0.39 is 12.0 Å². The number of halogens is 1.